The van der Waals surface area contributed by atoms with E-state index in [1.165, 1.54) is 28.8 Å². The minimum absolute atomic E-state index is 0.243. The van der Waals surface area contributed by atoms with Gasteiger partial charge in [0, 0.05) is 28.9 Å². The maximum absolute atomic E-state index is 13.7. The number of benzene rings is 2. The topological polar surface area (TPSA) is 101 Å². The predicted octanol–water partition coefficient (Wildman–Crippen LogP) is 3.88. The number of thiazole rings is 1. The molecule has 2 aliphatic rings. The second-order valence-corrected chi connectivity index (χ2v) is 11.0. The summed E-state index contributed by atoms with van der Waals surface area (Å²) in [5.41, 5.74) is 1.57. The summed E-state index contributed by atoms with van der Waals surface area (Å²) in [6.45, 7) is -0.243. The van der Waals surface area contributed by atoms with E-state index in [9.17, 15) is 23.6 Å². The molecule has 190 valence electrons. The summed E-state index contributed by atoms with van der Waals surface area (Å²) in [5.74, 6) is -3.14. The number of anilines is 2. The molecule has 3 amide bonds. The van der Waals surface area contributed by atoms with Crippen LogP contribution in [-0.2, 0) is 20.9 Å². The molecule has 2 aliphatic heterocycles. The molecule has 4 heterocycles. The Balaban J connectivity index is 1.41. The van der Waals surface area contributed by atoms with Crippen molar-refractivity contribution in [1.82, 2.24) is 9.55 Å². The number of hydrogen-bond donors (Lipinski definition) is 1. The van der Waals surface area contributed by atoms with Gasteiger partial charge in [0.25, 0.3) is 0 Å². The third-order valence-corrected chi connectivity index (χ3v) is 9.14. The number of imide groups is 1. The first kappa shape index (κ1) is 24.3. The van der Waals surface area contributed by atoms with Gasteiger partial charge in [-0.2, -0.15) is 0 Å². The molecule has 0 saturated carbocycles. The number of amides is 3. The van der Waals surface area contributed by atoms with E-state index in [4.69, 9.17) is 0 Å². The van der Waals surface area contributed by atoms with Crippen LogP contribution < -0.4 is 15.1 Å². The van der Waals surface area contributed by atoms with Crippen LogP contribution in [0.4, 0.5) is 15.8 Å². The molecule has 3 atom stereocenters. The number of carbonyl (C=O) groups excluding carboxylic acids is 3. The van der Waals surface area contributed by atoms with Crippen LogP contribution in [0.15, 0.2) is 88.9 Å². The first-order valence-electron chi connectivity index (χ1n) is 11.7. The lowest BCUT2D eigenvalue weighted by molar-refractivity contribution is -0.122. The average Bonchev–Trinajstić information content (AvgIpc) is 3.36. The Morgan fingerprint density at radius 1 is 0.974 bits per heavy atom. The van der Waals surface area contributed by atoms with Crippen molar-refractivity contribution < 1.29 is 18.8 Å². The van der Waals surface area contributed by atoms with Crippen molar-refractivity contribution >= 4 is 52.2 Å². The van der Waals surface area contributed by atoms with E-state index < -0.39 is 34.7 Å². The van der Waals surface area contributed by atoms with Gasteiger partial charge >= 0.3 is 4.87 Å². The lowest BCUT2D eigenvalue weighted by Gasteiger charge is -2.30. The number of para-hydroxylation sites is 1. The molecule has 1 saturated heterocycles. The van der Waals surface area contributed by atoms with Crippen LogP contribution in [0.1, 0.15) is 16.4 Å². The van der Waals surface area contributed by atoms with Crippen LogP contribution >= 0.6 is 23.1 Å². The first-order valence-corrected chi connectivity index (χ1v) is 13.4. The van der Waals surface area contributed by atoms with Gasteiger partial charge in [-0.15, -0.1) is 0 Å². The molecule has 1 N–H and O–H groups in total. The van der Waals surface area contributed by atoms with Gasteiger partial charge in [0.1, 0.15) is 17.6 Å². The first-order chi connectivity index (χ1) is 18.4. The van der Waals surface area contributed by atoms with Crippen LogP contribution in [-0.4, -0.2) is 32.5 Å². The molecule has 2 aromatic carbocycles. The summed E-state index contributed by atoms with van der Waals surface area (Å²) < 4.78 is 14.9. The standard InChI is InChI=1S/C27H19FN4O4S2/c28-16-8-10-18(11-9-16)32-24(34)21-20(15-5-4-12-29-13-15)23-26(37-22(21)25(32)35)31(27(36)38-23)14-19(33)30-17-6-2-1-3-7-17/h1-13,20-22H,14H2,(H,30,33)/t20-,21?,22?/m1/s1. The van der Waals surface area contributed by atoms with E-state index in [2.05, 4.69) is 10.3 Å². The lowest BCUT2D eigenvalue weighted by Crippen LogP contribution is -2.33. The zero-order chi connectivity index (χ0) is 26.4. The molecule has 1 fully saturated rings. The number of halogens is 1. The fourth-order valence-corrected chi connectivity index (χ4v) is 7.66. The number of fused-ring (bicyclic) bond motifs is 2. The number of nitrogens with zero attached hydrogens (tertiary/aromatic N) is 3. The van der Waals surface area contributed by atoms with Gasteiger partial charge in [-0.3, -0.25) is 28.7 Å². The van der Waals surface area contributed by atoms with Gasteiger partial charge in [-0.05, 0) is 48.0 Å². The molecule has 4 aromatic rings. The number of hydrogen-bond acceptors (Lipinski definition) is 7. The second-order valence-electron chi connectivity index (χ2n) is 8.85. The Hall–Kier alpha value is -4.09. The van der Waals surface area contributed by atoms with Crippen molar-refractivity contribution in [1.29, 1.82) is 0 Å². The zero-order valence-electron chi connectivity index (χ0n) is 19.6. The molecule has 2 aromatic heterocycles. The van der Waals surface area contributed by atoms with Gasteiger partial charge in [0.15, 0.2) is 0 Å². The number of nitrogens with one attached hydrogen (secondary N) is 1. The van der Waals surface area contributed by atoms with Crippen LogP contribution in [0.2, 0.25) is 0 Å². The molecule has 0 aliphatic carbocycles. The predicted molar refractivity (Wildman–Crippen MR) is 142 cm³/mol. The largest absolute Gasteiger partial charge is 0.325 e. The van der Waals surface area contributed by atoms with Crippen molar-refractivity contribution in [3.05, 3.63) is 105 Å². The quantitative estimate of drug-likeness (QED) is 0.382. The summed E-state index contributed by atoms with van der Waals surface area (Å²) >= 11 is 2.09. The normalized spacial score (nSPS) is 20.2. The summed E-state index contributed by atoms with van der Waals surface area (Å²) in [7, 11) is 0. The fraction of sp³-hybridized carbons (Fsp3) is 0.148. The van der Waals surface area contributed by atoms with E-state index in [-0.39, 0.29) is 23.0 Å². The van der Waals surface area contributed by atoms with Gasteiger partial charge in [-0.25, -0.2) is 9.29 Å². The molecule has 0 bridgehead atoms. The monoisotopic (exact) mass is 546 g/mol. The van der Waals surface area contributed by atoms with Crippen molar-refractivity contribution in [3.8, 4) is 0 Å². The van der Waals surface area contributed by atoms with Crippen LogP contribution in [0.5, 0.6) is 0 Å². The van der Waals surface area contributed by atoms with Crippen LogP contribution in [0, 0.1) is 11.7 Å². The number of thioether (sulfide) groups is 1. The highest BCUT2D eigenvalue weighted by molar-refractivity contribution is 8.00. The number of pyridine rings is 1. The SMILES string of the molecule is O=C(Cn1c2c(sc1=O)[C@H](c1cccnc1)C1C(=O)N(c3ccc(F)cc3)C(=O)C1S2)Nc1ccccc1. The van der Waals surface area contributed by atoms with Crippen LogP contribution in [0.3, 0.4) is 0 Å². The van der Waals surface area contributed by atoms with E-state index in [0.717, 1.165) is 28.0 Å². The highest BCUT2D eigenvalue weighted by atomic mass is 32.2. The Labute approximate surface area is 224 Å². The maximum Gasteiger partial charge on any atom is 0.308 e. The fourth-order valence-electron chi connectivity index (χ4n) is 4.88. The Kier molecular flexibility index (Phi) is 6.16. The Morgan fingerprint density at radius 3 is 2.45 bits per heavy atom. The molecule has 11 heteroatoms. The van der Waals surface area contributed by atoms with E-state index in [1.54, 1.807) is 42.7 Å². The van der Waals surface area contributed by atoms with Crippen molar-refractivity contribution in [2.24, 2.45) is 5.92 Å². The van der Waals surface area contributed by atoms with E-state index in [1.807, 2.05) is 12.1 Å². The third-order valence-electron chi connectivity index (χ3n) is 6.54. The summed E-state index contributed by atoms with van der Waals surface area (Å²) in [6, 6.07) is 17.6. The van der Waals surface area contributed by atoms with Gasteiger partial charge in [-0.1, -0.05) is 47.4 Å². The minimum Gasteiger partial charge on any atom is -0.325 e. The molecule has 2 unspecified atom stereocenters. The molecule has 6 rings (SSSR count). The smallest absolute Gasteiger partial charge is 0.308 e. The minimum atomic E-state index is -0.831. The molecule has 8 nitrogen and oxygen atoms in total. The third kappa shape index (κ3) is 4.13. The van der Waals surface area contributed by atoms with E-state index >= 15 is 0 Å². The molecule has 0 radical (unpaired) electrons. The molecular weight excluding hydrogens is 527 g/mol. The highest BCUT2D eigenvalue weighted by Crippen LogP contribution is 2.53. The molecule has 0 spiro atoms. The van der Waals surface area contributed by atoms with Crippen LogP contribution in [0.25, 0.3) is 0 Å². The van der Waals surface area contributed by atoms with Crippen molar-refractivity contribution in [2.75, 3.05) is 10.2 Å². The van der Waals surface area contributed by atoms with Crippen molar-refractivity contribution in [3.63, 3.8) is 0 Å². The van der Waals surface area contributed by atoms with E-state index in [0.29, 0.717) is 21.2 Å². The zero-order valence-corrected chi connectivity index (χ0v) is 21.2. The van der Waals surface area contributed by atoms with Gasteiger partial charge in [0.2, 0.25) is 17.7 Å². The van der Waals surface area contributed by atoms with Gasteiger partial charge in [0.05, 0.1) is 16.6 Å². The number of carbonyl (C=O) groups is 3. The lowest BCUT2D eigenvalue weighted by atomic mass is 9.84. The maximum atomic E-state index is 13.7. The average molecular weight is 547 g/mol. The number of rotatable bonds is 5. The summed E-state index contributed by atoms with van der Waals surface area (Å²) in [4.78, 5) is 58.9. The van der Waals surface area contributed by atoms with Crippen molar-refractivity contribution in [2.45, 2.75) is 22.7 Å². The Bertz CT molecular complexity index is 1610. The summed E-state index contributed by atoms with van der Waals surface area (Å²) in [5, 5.41) is 2.43. The highest BCUT2D eigenvalue weighted by Gasteiger charge is 2.56. The van der Waals surface area contributed by atoms with Gasteiger partial charge < -0.3 is 5.32 Å². The Morgan fingerprint density at radius 2 is 1.74 bits per heavy atom. The molecule has 38 heavy (non-hydrogen) atoms. The number of aromatic nitrogens is 2. The summed E-state index contributed by atoms with van der Waals surface area (Å²) in [6.07, 6.45) is 3.23. The molecular formula is C27H19FN4O4S2. The second kappa shape index (κ2) is 9.66.